The molecule has 0 unspecified atom stereocenters. The number of aliphatic hydroxyl groups is 1. The highest BCUT2D eigenvalue weighted by molar-refractivity contribution is 6.13. The zero-order valence-electron chi connectivity index (χ0n) is 11.5. The van der Waals surface area contributed by atoms with Crippen molar-refractivity contribution in [3.63, 3.8) is 0 Å². The molecular weight excluding hydrogens is 256 g/mol. The molecule has 0 atom stereocenters. The molecule has 4 heteroatoms. The van der Waals surface area contributed by atoms with Gasteiger partial charge in [-0.05, 0) is 42.3 Å². The van der Waals surface area contributed by atoms with Crippen LogP contribution in [0, 0.1) is 6.92 Å². The normalized spacial score (nSPS) is 10.6. The van der Waals surface area contributed by atoms with Gasteiger partial charge in [-0.1, -0.05) is 18.2 Å². The molecule has 0 aliphatic carbocycles. The molecule has 20 heavy (non-hydrogen) atoms. The third kappa shape index (κ3) is 2.56. The minimum absolute atomic E-state index is 0.0410. The van der Waals surface area contributed by atoms with Crippen LogP contribution in [0.5, 0.6) is 0 Å². The molecule has 0 radical (unpaired) electrons. The quantitative estimate of drug-likeness (QED) is 0.686. The van der Waals surface area contributed by atoms with E-state index in [2.05, 4.69) is 0 Å². The van der Waals surface area contributed by atoms with Gasteiger partial charge in [0, 0.05) is 5.56 Å². The second-order valence-corrected chi connectivity index (χ2v) is 4.57. The van der Waals surface area contributed by atoms with Crippen LogP contribution in [0.1, 0.15) is 33.2 Å². The van der Waals surface area contributed by atoms with Gasteiger partial charge in [-0.3, -0.25) is 4.79 Å². The Morgan fingerprint density at radius 1 is 1.15 bits per heavy atom. The van der Waals surface area contributed by atoms with Gasteiger partial charge in [0.05, 0.1) is 12.2 Å². The zero-order chi connectivity index (χ0) is 14.7. The third-order valence-electron chi connectivity index (χ3n) is 3.17. The predicted molar refractivity (Wildman–Crippen MR) is 76.1 cm³/mol. The highest BCUT2D eigenvalue weighted by Crippen LogP contribution is 2.27. The van der Waals surface area contributed by atoms with Gasteiger partial charge >= 0.3 is 5.97 Å². The van der Waals surface area contributed by atoms with Crippen LogP contribution >= 0.6 is 0 Å². The topological polar surface area (TPSA) is 63.6 Å². The summed E-state index contributed by atoms with van der Waals surface area (Å²) in [6.45, 7) is 3.13. The number of rotatable bonds is 4. The molecule has 0 amide bonds. The van der Waals surface area contributed by atoms with Crippen LogP contribution in [0.15, 0.2) is 30.3 Å². The highest BCUT2D eigenvalue weighted by atomic mass is 16.5. The van der Waals surface area contributed by atoms with E-state index in [1.165, 1.54) is 6.92 Å². The van der Waals surface area contributed by atoms with E-state index in [4.69, 9.17) is 9.84 Å². The summed E-state index contributed by atoms with van der Waals surface area (Å²) < 4.78 is 4.97. The summed E-state index contributed by atoms with van der Waals surface area (Å²) in [6.07, 6.45) is 0. The number of benzene rings is 2. The summed E-state index contributed by atoms with van der Waals surface area (Å²) in [4.78, 5) is 23.7. The number of hydrogen-bond acceptors (Lipinski definition) is 4. The Hall–Kier alpha value is -2.20. The molecule has 0 aliphatic heterocycles. The lowest BCUT2D eigenvalue weighted by Gasteiger charge is -2.11. The molecule has 2 aromatic carbocycles. The van der Waals surface area contributed by atoms with E-state index in [0.29, 0.717) is 11.1 Å². The van der Waals surface area contributed by atoms with Crippen LogP contribution in [0.2, 0.25) is 0 Å². The fraction of sp³-hybridized carbons (Fsp3) is 0.250. The maximum atomic E-state index is 12.0. The number of carbonyl (C=O) groups is 2. The van der Waals surface area contributed by atoms with Gasteiger partial charge in [-0.2, -0.15) is 0 Å². The van der Waals surface area contributed by atoms with Crippen LogP contribution in [0.4, 0.5) is 0 Å². The van der Waals surface area contributed by atoms with E-state index < -0.39 is 5.97 Å². The first-order valence-corrected chi connectivity index (χ1v) is 6.37. The Labute approximate surface area is 117 Å². The molecule has 0 fully saturated rings. The van der Waals surface area contributed by atoms with Crippen molar-refractivity contribution in [1.29, 1.82) is 0 Å². The molecule has 4 nitrogen and oxygen atoms in total. The molecule has 0 aromatic heterocycles. The second-order valence-electron chi connectivity index (χ2n) is 4.57. The number of Topliss-reactive ketones (excluding diaryl/α,β-unsaturated/α-hetero) is 1. The number of esters is 1. The molecule has 0 saturated carbocycles. The number of ketones is 1. The molecule has 1 N–H and O–H groups in total. The van der Waals surface area contributed by atoms with Crippen molar-refractivity contribution in [3.05, 3.63) is 47.0 Å². The first kappa shape index (κ1) is 14.2. The van der Waals surface area contributed by atoms with Crippen molar-refractivity contribution in [1.82, 2.24) is 0 Å². The summed E-state index contributed by atoms with van der Waals surface area (Å²) >= 11 is 0. The Morgan fingerprint density at radius 3 is 2.50 bits per heavy atom. The second kappa shape index (κ2) is 5.84. The van der Waals surface area contributed by atoms with Gasteiger partial charge in [0.15, 0.2) is 5.78 Å². The maximum absolute atomic E-state index is 12.0. The van der Waals surface area contributed by atoms with E-state index in [1.807, 2.05) is 25.1 Å². The number of ether oxygens (including phenoxy) is 1. The number of aliphatic hydroxyl groups excluding tert-OH is 1. The summed E-state index contributed by atoms with van der Waals surface area (Å²) in [5.41, 5.74) is 1.90. The van der Waals surface area contributed by atoms with Crippen molar-refractivity contribution in [2.75, 3.05) is 13.2 Å². The minimum Gasteiger partial charge on any atom is -0.460 e. The van der Waals surface area contributed by atoms with Gasteiger partial charge in [0.1, 0.15) is 6.61 Å². The third-order valence-corrected chi connectivity index (χ3v) is 3.17. The molecule has 0 heterocycles. The number of hydrogen-bond donors (Lipinski definition) is 1. The molecular formula is C16H16O4. The largest absolute Gasteiger partial charge is 0.460 e. The van der Waals surface area contributed by atoms with Crippen LogP contribution in [0.25, 0.3) is 10.8 Å². The lowest BCUT2D eigenvalue weighted by Crippen LogP contribution is -2.10. The molecule has 0 bridgehead atoms. The fourth-order valence-electron chi connectivity index (χ4n) is 2.28. The first-order valence-electron chi connectivity index (χ1n) is 6.37. The monoisotopic (exact) mass is 272 g/mol. The van der Waals surface area contributed by atoms with E-state index in [-0.39, 0.29) is 19.0 Å². The SMILES string of the molecule is CC(=O)c1ccc(C(=O)OCCO)c2c(C)cccc12. The number of aryl methyl sites for hydroxylation is 1. The molecule has 2 rings (SSSR count). The van der Waals surface area contributed by atoms with Gasteiger partial charge in [0.25, 0.3) is 0 Å². The summed E-state index contributed by atoms with van der Waals surface area (Å²) in [5.74, 6) is -0.538. The predicted octanol–water partition coefficient (Wildman–Crippen LogP) is 2.50. The smallest absolute Gasteiger partial charge is 0.338 e. The standard InChI is InChI=1S/C16H16O4/c1-10-4-3-5-13-12(11(2)18)6-7-14(15(10)13)16(19)20-9-8-17/h3-7,17H,8-9H2,1-2H3. The first-order chi connectivity index (χ1) is 9.56. The highest BCUT2D eigenvalue weighted by Gasteiger charge is 2.16. The maximum Gasteiger partial charge on any atom is 0.338 e. The van der Waals surface area contributed by atoms with Gasteiger partial charge in [-0.25, -0.2) is 4.79 Å². The lowest BCUT2D eigenvalue weighted by atomic mass is 9.94. The van der Waals surface area contributed by atoms with Crippen molar-refractivity contribution < 1.29 is 19.4 Å². The minimum atomic E-state index is -0.492. The van der Waals surface area contributed by atoms with Crippen molar-refractivity contribution >= 4 is 22.5 Å². The molecule has 0 saturated heterocycles. The van der Waals surface area contributed by atoms with E-state index in [9.17, 15) is 9.59 Å². The molecule has 0 spiro atoms. The lowest BCUT2D eigenvalue weighted by molar-refractivity contribution is 0.0436. The van der Waals surface area contributed by atoms with Crippen LogP contribution in [-0.2, 0) is 4.74 Å². The van der Waals surface area contributed by atoms with Crippen molar-refractivity contribution in [2.24, 2.45) is 0 Å². The molecule has 2 aromatic rings. The van der Waals surface area contributed by atoms with Crippen LogP contribution < -0.4 is 0 Å². The average molecular weight is 272 g/mol. The Bertz CT molecular complexity index is 673. The van der Waals surface area contributed by atoms with Gasteiger partial charge in [0.2, 0.25) is 0 Å². The number of carbonyl (C=O) groups excluding carboxylic acids is 2. The summed E-state index contributed by atoms with van der Waals surface area (Å²) in [7, 11) is 0. The Morgan fingerprint density at radius 2 is 1.85 bits per heavy atom. The van der Waals surface area contributed by atoms with Gasteiger partial charge < -0.3 is 9.84 Å². The molecule has 104 valence electrons. The van der Waals surface area contributed by atoms with Crippen molar-refractivity contribution in [2.45, 2.75) is 13.8 Å². The molecule has 0 aliphatic rings. The van der Waals surface area contributed by atoms with Gasteiger partial charge in [-0.15, -0.1) is 0 Å². The zero-order valence-corrected chi connectivity index (χ0v) is 11.5. The van der Waals surface area contributed by atoms with Crippen LogP contribution in [0.3, 0.4) is 0 Å². The average Bonchev–Trinajstić information content (AvgIpc) is 2.43. The Kier molecular flexibility index (Phi) is 4.15. The van der Waals surface area contributed by atoms with Crippen molar-refractivity contribution in [3.8, 4) is 0 Å². The summed E-state index contributed by atoms with van der Waals surface area (Å²) in [6, 6.07) is 8.80. The number of fused-ring (bicyclic) bond motifs is 1. The van der Waals surface area contributed by atoms with Crippen LogP contribution in [-0.4, -0.2) is 30.1 Å². The Balaban J connectivity index is 2.66. The van der Waals surface area contributed by atoms with E-state index in [0.717, 1.165) is 16.3 Å². The van der Waals surface area contributed by atoms with E-state index >= 15 is 0 Å². The fourth-order valence-corrected chi connectivity index (χ4v) is 2.28. The van der Waals surface area contributed by atoms with E-state index in [1.54, 1.807) is 12.1 Å². The summed E-state index contributed by atoms with van der Waals surface area (Å²) in [5, 5.41) is 10.2.